The van der Waals surface area contributed by atoms with Gasteiger partial charge in [0.1, 0.15) is 5.56 Å². The Morgan fingerprint density at radius 2 is 2.11 bits per heavy atom. The van der Waals surface area contributed by atoms with Crippen LogP contribution in [0.3, 0.4) is 0 Å². The van der Waals surface area contributed by atoms with Crippen LogP contribution in [0.25, 0.3) is 10.9 Å². The molecule has 0 spiro atoms. The number of pyridine rings is 1. The zero-order valence-corrected chi connectivity index (χ0v) is 9.27. The third-order valence-electron chi connectivity index (χ3n) is 2.97. The zero-order valence-electron chi connectivity index (χ0n) is 9.27. The Kier molecular flexibility index (Phi) is 2.00. The minimum Gasteiger partial charge on any atom is -0.365 e. The number of carbonyl (C=O) groups excluding carboxylic acids is 2. The van der Waals surface area contributed by atoms with Gasteiger partial charge in [-0.15, -0.1) is 0 Å². The molecule has 0 fully saturated rings. The van der Waals surface area contributed by atoms with Gasteiger partial charge in [0.05, 0.1) is 11.9 Å². The number of hydrogen-bond donors (Lipinski definition) is 2. The lowest BCUT2D eigenvalue weighted by Gasteiger charge is -2.20. The van der Waals surface area contributed by atoms with Crippen molar-refractivity contribution in [3.8, 4) is 0 Å². The molecule has 2 amide bonds. The molecule has 18 heavy (non-hydrogen) atoms. The number of rotatable bonds is 1. The van der Waals surface area contributed by atoms with Crippen LogP contribution in [0.1, 0.15) is 15.9 Å². The molecule has 0 unspecified atom stereocenters. The van der Waals surface area contributed by atoms with Crippen LogP contribution in [0, 0.1) is 0 Å². The molecule has 0 saturated heterocycles. The first-order valence-electron chi connectivity index (χ1n) is 5.35. The third kappa shape index (κ3) is 1.32. The standard InChI is InChI=1S/C12H9N3O3/c13-12(18)8-5-15-10-6(4-9(16)14-15)2-1-3-7(10)11(8)17/h1-3,5H,4H2,(H2,13,18)(H,14,16). The summed E-state index contributed by atoms with van der Waals surface area (Å²) in [6.07, 6.45) is 1.49. The van der Waals surface area contributed by atoms with Gasteiger partial charge in [0.15, 0.2) is 0 Å². The molecule has 3 rings (SSSR count). The number of aromatic nitrogens is 1. The van der Waals surface area contributed by atoms with Crippen molar-refractivity contribution in [1.82, 2.24) is 4.68 Å². The summed E-state index contributed by atoms with van der Waals surface area (Å²) in [6.45, 7) is 0. The van der Waals surface area contributed by atoms with E-state index in [2.05, 4.69) is 5.43 Å². The van der Waals surface area contributed by atoms with Crippen molar-refractivity contribution in [3.05, 3.63) is 45.7 Å². The predicted molar refractivity (Wildman–Crippen MR) is 64.8 cm³/mol. The Morgan fingerprint density at radius 1 is 1.33 bits per heavy atom. The van der Waals surface area contributed by atoms with E-state index in [4.69, 9.17) is 5.73 Å². The van der Waals surface area contributed by atoms with Gasteiger partial charge in [0.2, 0.25) is 11.3 Å². The Bertz CT molecular complexity index is 761. The Hall–Kier alpha value is -2.63. The van der Waals surface area contributed by atoms with E-state index in [0.717, 1.165) is 5.56 Å². The molecule has 6 nitrogen and oxygen atoms in total. The summed E-state index contributed by atoms with van der Waals surface area (Å²) in [5.41, 5.74) is 8.56. The Morgan fingerprint density at radius 3 is 2.83 bits per heavy atom. The van der Waals surface area contributed by atoms with Gasteiger partial charge in [0.25, 0.3) is 5.91 Å². The van der Waals surface area contributed by atoms with Gasteiger partial charge in [-0.3, -0.25) is 24.5 Å². The molecule has 90 valence electrons. The van der Waals surface area contributed by atoms with E-state index in [-0.39, 0.29) is 17.9 Å². The average molecular weight is 243 g/mol. The predicted octanol–water partition coefficient (Wildman–Crippen LogP) is -0.273. The van der Waals surface area contributed by atoms with E-state index in [1.165, 1.54) is 10.9 Å². The van der Waals surface area contributed by atoms with E-state index < -0.39 is 11.3 Å². The maximum absolute atomic E-state index is 12.1. The lowest BCUT2D eigenvalue weighted by Crippen LogP contribution is -2.33. The van der Waals surface area contributed by atoms with Crippen LogP contribution in [0.2, 0.25) is 0 Å². The van der Waals surface area contributed by atoms with Crippen molar-refractivity contribution in [2.75, 3.05) is 5.43 Å². The fourth-order valence-corrected chi connectivity index (χ4v) is 2.21. The fraction of sp³-hybridized carbons (Fsp3) is 0.0833. The molecule has 2 aromatic rings. The normalized spacial score (nSPS) is 13.4. The number of nitrogens with zero attached hydrogens (tertiary/aromatic N) is 1. The second-order valence-electron chi connectivity index (χ2n) is 4.13. The van der Waals surface area contributed by atoms with Gasteiger partial charge in [-0.05, 0) is 11.6 Å². The number of para-hydroxylation sites is 1. The maximum atomic E-state index is 12.1. The highest BCUT2D eigenvalue weighted by Crippen LogP contribution is 2.20. The first-order chi connectivity index (χ1) is 8.58. The molecule has 0 bridgehead atoms. The van der Waals surface area contributed by atoms with E-state index in [1.54, 1.807) is 18.2 Å². The van der Waals surface area contributed by atoms with Crippen molar-refractivity contribution in [1.29, 1.82) is 0 Å². The van der Waals surface area contributed by atoms with Crippen LogP contribution in [-0.4, -0.2) is 16.5 Å². The molecule has 2 heterocycles. The van der Waals surface area contributed by atoms with Gasteiger partial charge >= 0.3 is 0 Å². The number of benzene rings is 1. The summed E-state index contributed by atoms with van der Waals surface area (Å²) in [5.74, 6) is -1.01. The number of nitrogens with two attached hydrogens (primary N) is 1. The van der Waals surface area contributed by atoms with Crippen molar-refractivity contribution in [3.63, 3.8) is 0 Å². The molecule has 0 aliphatic carbocycles. The van der Waals surface area contributed by atoms with E-state index in [0.29, 0.717) is 10.9 Å². The van der Waals surface area contributed by atoms with Gasteiger partial charge < -0.3 is 5.73 Å². The molecular formula is C12H9N3O3. The zero-order chi connectivity index (χ0) is 12.9. The van der Waals surface area contributed by atoms with Crippen molar-refractivity contribution >= 4 is 22.7 Å². The van der Waals surface area contributed by atoms with E-state index >= 15 is 0 Å². The average Bonchev–Trinajstić information content (AvgIpc) is 2.32. The maximum Gasteiger partial charge on any atom is 0.254 e. The summed E-state index contributed by atoms with van der Waals surface area (Å²) in [4.78, 5) is 34.8. The molecule has 1 aromatic carbocycles. The summed E-state index contributed by atoms with van der Waals surface area (Å²) in [6, 6.07) is 5.08. The number of amides is 2. The largest absolute Gasteiger partial charge is 0.365 e. The van der Waals surface area contributed by atoms with Crippen LogP contribution < -0.4 is 16.6 Å². The summed E-state index contributed by atoms with van der Waals surface area (Å²) < 4.78 is 1.39. The lowest BCUT2D eigenvalue weighted by molar-refractivity contribution is -0.116. The van der Waals surface area contributed by atoms with Gasteiger partial charge in [-0.1, -0.05) is 12.1 Å². The quantitative estimate of drug-likeness (QED) is 0.721. The first kappa shape index (κ1) is 10.5. The molecule has 0 radical (unpaired) electrons. The number of primary amides is 1. The number of carbonyl (C=O) groups is 2. The number of nitrogens with one attached hydrogen (secondary N) is 1. The minimum absolute atomic E-state index is 0.137. The summed E-state index contributed by atoms with van der Waals surface area (Å²) >= 11 is 0. The molecule has 0 atom stereocenters. The molecule has 1 aliphatic rings. The highest BCUT2D eigenvalue weighted by atomic mass is 16.2. The molecular weight excluding hydrogens is 234 g/mol. The Balaban J connectivity index is 2.50. The van der Waals surface area contributed by atoms with Crippen LogP contribution >= 0.6 is 0 Å². The van der Waals surface area contributed by atoms with Crippen molar-refractivity contribution in [2.24, 2.45) is 5.73 Å². The van der Waals surface area contributed by atoms with Crippen molar-refractivity contribution in [2.45, 2.75) is 6.42 Å². The Labute approximate surface area is 101 Å². The molecule has 0 saturated carbocycles. The van der Waals surface area contributed by atoms with Gasteiger partial charge in [0, 0.05) is 11.6 Å². The molecule has 1 aromatic heterocycles. The second kappa shape index (κ2) is 3.43. The molecule has 6 heteroatoms. The third-order valence-corrected chi connectivity index (χ3v) is 2.97. The van der Waals surface area contributed by atoms with E-state index in [9.17, 15) is 14.4 Å². The highest BCUT2D eigenvalue weighted by Gasteiger charge is 2.20. The first-order valence-corrected chi connectivity index (χ1v) is 5.35. The minimum atomic E-state index is -0.809. The molecule has 3 N–H and O–H groups in total. The van der Waals surface area contributed by atoms with Crippen LogP contribution in [0.4, 0.5) is 0 Å². The summed E-state index contributed by atoms with van der Waals surface area (Å²) in [7, 11) is 0. The van der Waals surface area contributed by atoms with Crippen LogP contribution in [-0.2, 0) is 11.2 Å². The van der Waals surface area contributed by atoms with Crippen LogP contribution in [0.5, 0.6) is 0 Å². The van der Waals surface area contributed by atoms with Gasteiger partial charge in [-0.2, -0.15) is 0 Å². The monoisotopic (exact) mass is 243 g/mol. The van der Waals surface area contributed by atoms with Crippen molar-refractivity contribution < 1.29 is 9.59 Å². The lowest BCUT2D eigenvalue weighted by atomic mass is 10.0. The SMILES string of the molecule is NC(=O)c1cn2c3c(cccc3c1=O)CC(=O)N2. The molecule has 1 aliphatic heterocycles. The van der Waals surface area contributed by atoms with Gasteiger partial charge in [-0.25, -0.2) is 0 Å². The number of hydrogen-bond acceptors (Lipinski definition) is 3. The topological polar surface area (TPSA) is 94.2 Å². The second-order valence-corrected chi connectivity index (χ2v) is 4.13. The highest BCUT2D eigenvalue weighted by molar-refractivity contribution is 6.00. The fourth-order valence-electron chi connectivity index (χ4n) is 2.21. The smallest absolute Gasteiger partial charge is 0.254 e. The van der Waals surface area contributed by atoms with E-state index in [1.807, 2.05) is 0 Å². The summed E-state index contributed by atoms with van der Waals surface area (Å²) in [5, 5.41) is 0.379. The van der Waals surface area contributed by atoms with Crippen LogP contribution in [0.15, 0.2) is 29.2 Å².